The molecule has 0 N–H and O–H groups in total. The molecule has 206 valence electrons. The minimum Gasteiger partial charge on any atom is -0.497 e. The fraction of sp³-hybridized carbons (Fsp3) is 0.556. The zero-order chi connectivity index (χ0) is 27.6. The van der Waals surface area contributed by atoms with E-state index >= 15 is 4.39 Å². The van der Waals surface area contributed by atoms with Gasteiger partial charge in [-0.25, -0.2) is 4.39 Å². The lowest BCUT2D eigenvalue weighted by Gasteiger charge is -2.20. The summed E-state index contributed by atoms with van der Waals surface area (Å²) in [6.07, 6.45) is 4.51. The number of methoxy groups -OCH3 is 2. The molecule has 1 aliphatic rings. The Labute approximate surface area is 224 Å². The van der Waals surface area contributed by atoms with Gasteiger partial charge >= 0.3 is 5.97 Å². The molecule has 0 saturated heterocycles. The lowest BCUT2D eigenvalue weighted by atomic mass is 10.1. The second-order valence-corrected chi connectivity index (χ2v) is 10.1. The number of hydrogen-bond donors (Lipinski definition) is 1. The number of allylic oxidation sites excluding steroid dienone is 2. The Morgan fingerprint density at radius 2 is 1.89 bits per heavy atom. The van der Waals surface area contributed by atoms with E-state index in [1.54, 1.807) is 40.0 Å². The van der Waals surface area contributed by atoms with Crippen LogP contribution in [0.5, 0.6) is 11.5 Å². The van der Waals surface area contributed by atoms with Crippen molar-refractivity contribution in [3.63, 3.8) is 0 Å². The zero-order valence-corrected chi connectivity index (χ0v) is 23.4. The number of amides is 1. The molecular weight excluding hydrogens is 501 g/mol. The van der Waals surface area contributed by atoms with E-state index in [1.165, 1.54) is 18.3 Å². The SMILES string of the molecule is CC/C(S)=C\C(=C\OCCCOc1c(OC)cc2c(c1F)CN(C(=O)CCC(=O)OC(C)(C)C)C2)OC. The third-order valence-corrected chi connectivity index (χ3v) is 5.83. The maximum absolute atomic E-state index is 15.4. The van der Waals surface area contributed by atoms with Crippen molar-refractivity contribution in [1.82, 2.24) is 4.90 Å². The molecule has 0 radical (unpaired) electrons. The second-order valence-electron chi connectivity index (χ2n) is 9.48. The van der Waals surface area contributed by atoms with Crippen molar-refractivity contribution in [3.05, 3.63) is 46.0 Å². The van der Waals surface area contributed by atoms with E-state index in [9.17, 15) is 9.59 Å². The Balaban J connectivity index is 1.93. The van der Waals surface area contributed by atoms with Crippen LogP contribution in [0.4, 0.5) is 4.39 Å². The Bertz CT molecular complexity index is 1020. The number of benzene rings is 1. The highest BCUT2D eigenvalue weighted by atomic mass is 32.1. The number of nitrogens with zero attached hydrogens (tertiary/aromatic N) is 1. The summed E-state index contributed by atoms with van der Waals surface area (Å²) in [6.45, 7) is 8.16. The molecule has 1 amide bonds. The molecule has 0 aliphatic carbocycles. The van der Waals surface area contributed by atoms with Crippen LogP contribution in [0.3, 0.4) is 0 Å². The molecule has 0 atom stereocenters. The average molecular weight is 540 g/mol. The van der Waals surface area contributed by atoms with E-state index in [4.69, 9.17) is 23.7 Å². The Kier molecular flexibility index (Phi) is 11.6. The van der Waals surface area contributed by atoms with E-state index in [0.717, 1.165) is 11.3 Å². The Hall–Kier alpha value is -2.88. The van der Waals surface area contributed by atoms with Crippen molar-refractivity contribution >= 4 is 24.5 Å². The molecule has 0 saturated carbocycles. The van der Waals surface area contributed by atoms with E-state index in [0.29, 0.717) is 29.9 Å². The van der Waals surface area contributed by atoms with Gasteiger partial charge in [-0.05, 0) is 49.8 Å². The highest BCUT2D eigenvalue weighted by Crippen LogP contribution is 2.39. The first-order valence-corrected chi connectivity index (χ1v) is 12.7. The number of halogens is 1. The van der Waals surface area contributed by atoms with Gasteiger partial charge in [0.15, 0.2) is 23.1 Å². The summed E-state index contributed by atoms with van der Waals surface area (Å²) >= 11 is 4.32. The molecule has 1 aromatic rings. The molecule has 1 heterocycles. The number of hydrogen-bond acceptors (Lipinski definition) is 8. The van der Waals surface area contributed by atoms with Crippen LogP contribution in [0.15, 0.2) is 29.1 Å². The fourth-order valence-corrected chi connectivity index (χ4v) is 3.68. The number of rotatable bonds is 13. The first-order valence-electron chi connectivity index (χ1n) is 12.2. The largest absolute Gasteiger partial charge is 0.497 e. The van der Waals surface area contributed by atoms with Crippen LogP contribution in [0.2, 0.25) is 0 Å². The predicted molar refractivity (Wildman–Crippen MR) is 141 cm³/mol. The third-order valence-electron chi connectivity index (χ3n) is 5.39. The van der Waals surface area contributed by atoms with Crippen LogP contribution in [-0.2, 0) is 36.9 Å². The average Bonchev–Trinajstić information content (AvgIpc) is 3.28. The highest BCUT2D eigenvalue weighted by Gasteiger charge is 2.30. The number of carbonyl (C=O) groups excluding carboxylic acids is 2. The minimum atomic E-state index is -0.613. The smallest absolute Gasteiger partial charge is 0.306 e. The maximum atomic E-state index is 15.4. The van der Waals surface area contributed by atoms with Crippen molar-refractivity contribution in [2.45, 2.75) is 72.1 Å². The number of esters is 1. The quantitative estimate of drug-likeness (QED) is 0.120. The predicted octanol–water partition coefficient (Wildman–Crippen LogP) is 5.30. The van der Waals surface area contributed by atoms with Crippen molar-refractivity contribution in [3.8, 4) is 11.5 Å². The zero-order valence-electron chi connectivity index (χ0n) is 22.5. The summed E-state index contributed by atoms with van der Waals surface area (Å²) in [5, 5.41) is 0. The van der Waals surface area contributed by atoms with E-state index < -0.39 is 17.4 Å². The molecule has 10 heteroatoms. The molecule has 0 aromatic heterocycles. The molecule has 8 nitrogen and oxygen atoms in total. The number of thiol groups is 1. The van der Waals surface area contributed by atoms with Crippen LogP contribution in [-0.4, -0.2) is 49.8 Å². The Morgan fingerprint density at radius 1 is 1.16 bits per heavy atom. The van der Waals surface area contributed by atoms with Crippen LogP contribution in [0.25, 0.3) is 0 Å². The van der Waals surface area contributed by atoms with Crippen LogP contribution in [0.1, 0.15) is 64.5 Å². The fourth-order valence-electron chi connectivity index (χ4n) is 3.55. The molecule has 0 spiro atoms. The number of carbonyl (C=O) groups is 2. The van der Waals surface area contributed by atoms with E-state index in [-0.39, 0.29) is 49.9 Å². The van der Waals surface area contributed by atoms with Crippen LogP contribution in [0, 0.1) is 5.82 Å². The van der Waals surface area contributed by atoms with Crippen molar-refractivity contribution in [2.75, 3.05) is 27.4 Å². The first kappa shape index (κ1) is 30.3. The van der Waals surface area contributed by atoms with E-state index in [1.807, 2.05) is 6.92 Å². The maximum Gasteiger partial charge on any atom is 0.306 e. The van der Waals surface area contributed by atoms with Gasteiger partial charge in [-0.15, -0.1) is 12.6 Å². The summed E-state index contributed by atoms with van der Waals surface area (Å²) in [5.41, 5.74) is 0.421. The third kappa shape index (κ3) is 9.50. The number of fused-ring (bicyclic) bond motifs is 1. The molecule has 37 heavy (non-hydrogen) atoms. The monoisotopic (exact) mass is 539 g/mol. The number of ether oxygens (including phenoxy) is 5. The minimum absolute atomic E-state index is 0.00280. The van der Waals surface area contributed by atoms with Gasteiger partial charge in [-0.1, -0.05) is 6.92 Å². The normalized spacial score (nSPS) is 13.8. The summed E-state index contributed by atoms with van der Waals surface area (Å²) < 4.78 is 42.4. The molecular formula is C27H38FNO7S. The lowest BCUT2D eigenvalue weighted by molar-refractivity contribution is -0.156. The second kappa shape index (κ2) is 14.2. The van der Waals surface area contributed by atoms with Gasteiger partial charge < -0.3 is 28.6 Å². The van der Waals surface area contributed by atoms with Gasteiger partial charge in [-0.2, -0.15) is 0 Å². The Morgan fingerprint density at radius 3 is 2.51 bits per heavy atom. The molecule has 0 fully saturated rings. The van der Waals surface area contributed by atoms with Gasteiger partial charge in [0.1, 0.15) is 11.9 Å². The van der Waals surface area contributed by atoms with Gasteiger partial charge in [0.2, 0.25) is 5.91 Å². The topological polar surface area (TPSA) is 83.5 Å². The molecule has 0 bridgehead atoms. The van der Waals surface area contributed by atoms with Crippen molar-refractivity contribution < 1.29 is 37.7 Å². The van der Waals surface area contributed by atoms with Crippen LogP contribution >= 0.6 is 12.6 Å². The van der Waals surface area contributed by atoms with E-state index in [2.05, 4.69) is 12.6 Å². The van der Waals surface area contributed by atoms with Crippen LogP contribution < -0.4 is 9.47 Å². The summed E-state index contributed by atoms with van der Waals surface area (Å²) in [4.78, 5) is 27.0. The van der Waals surface area contributed by atoms with Gasteiger partial charge in [-0.3, -0.25) is 9.59 Å². The lowest BCUT2D eigenvalue weighted by Crippen LogP contribution is -2.28. The van der Waals surface area contributed by atoms with Gasteiger partial charge in [0.25, 0.3) is 0 Å². The summed E-state index contributed by atoms with van der Waals surface area (Å²) in [5.74, 6) is -0.435. The molecule has 0 unspecified atom stereocenters. The standard InChI is InChI=1S/C27H38FNO7S/c1-7-20(37)14-19(32-5)17-34-11-8-12-35-26-22(33-6)13-18-15-29(16-21(18)25(26)28)23(30)9-10-24(31)36-27(2,3)4/h13-14,17,37H,7-12,15-16H2,1-6H3/b19-17-,20-14+. The van der Waals surface area contributed by atoms with Gasteiger partial charge in [0, 0.05) is 31.5 Å². The summed E-state index contributed by atoms with van der Waals surface area (Å²) in [6, 6.07) is 1.69. The summed E-state index contributed by atoms with van der Waals surface area (Å²) in [7, 11) is 2.98. The highest BCUT2D eigenvalue weighted by molar-refractivity contribution is 7.84. The molecule has 1 aliphatic heterocycles. The van der Waals surface area contributed by atoms with Crippen molar-refractivity contribution in [2.24, 2.45) is 0 Å². The van der Waals surface area contributed by atoms with Gasteiger partial charge in [0.05, 0.1) is 33.9 Å². The molecule has 1 aromatic carbocycles. The molecule has 2 rings (SSSR count). The van der Waals surface area contributed by atoms with Crippen molar-refractivity contribution in [1.29, 1.82) is 0 Å². The first-order chi connectivity index (χ1) is 17.5.